The van der Waals surface area contributed by atoms with Gasteiger partial charge in [-0.2, -0.15) is 0 Å². The summed E-state index contributed by atoms with van der Waals surface area (Å²) in [7, 11) is 0. The van der Waals surface area contributed by atoms with E-state index in [-0.39, 0.29) is 0 Å². The molecule has 33 rings (SSSR count). The lowest BCUT2D eigenvalue weighted by Crippen LogP contribution is -2.28. The van der Waals surface area contributed by atoms with Crippen LogP contribution in [0.25, 0.3) is 0 Å². The van der Waals surface area contributed by atoms with Crippen molar-refractivity contribution < 1.29 is 0 Å². The minimum atomic E-state index is 1.12. The summed E-state index contributed by atoms with van der Waals surface area (Å²) in [5.41, 5.74) is 0. The van der Waals surface area contributed by atoms with E-state index in [2.05, 4.69) is 0 Å². The molecule has 0 aliphatic heterocycles. The van der Waals surface area contributed by atoms with Crippen molar-refractivity contribution in [1.29, 1.82) is 0 Å². The van der Waals surface area contributed by atoms with Gasteiger partial charge in [0.15, 0.2) is 0 Å². The van der Waals surface area contributed by atoms with Crippen LogP contribution in [0.5, 0.6) is 0 Å². The zero-order chi connectivity index (χ0) is 75.8. The molecule has 0 spiro atoms. The quantitative estimate of drug-likeness (QED) is 0.227. The lowest BCUT2D eigenvalue weighted by molar-refractivity contribution is 0.116. The second-order valence-corrected chi connectivity index (χ2v) is 48.0. The Morgan fingerprint density at radius 1 is 0.0536 bits per heavy atom. The molecule has 6 unspecified atom stereocenters. The molecule has 0 N–H and O–H groups in total. The van der Waals surface area contributed by atoms with E-state index in [4.69, 9.17) is 0 Å². The van der Waals surface area contributed by atoms with Crippen LogP contribution in [0.4, 0.5) is 0 Å². The maximum Gasteiger partial charge on any atom is -0.0409 e. The number of hydrogen-bond acceptors (Lipinski definition) is 0. The van der Waals surface area contributed by atoms with E-state index in [1.165, 1.54) is 169 Å². The summed E-state index contributed by atoms with van der Waals surface area (Å²) >= 11 is 0. The van der Waals surface area contributed by atoms with Gasteiger partial charge in [0.25, 0.3) is 0 Å². The van der Waals surface area contributed by atoms with Crippen LogP contribution in [0.15, 0.2) is 0 Å². The molecule has 0 aromatic heterocycles. The van der Waals surface area contributed by atoms with Crippen molar-refractivity contribution in [3.05, 3.63) is 0 Å². The van der Waals surface area contributed by atoms with Crippen LogP contribution >= 0.6 is 0 Å². The molecule has 26 bridgehead atoms. The molecule has 33 fully saturated rings. The number of hydrogen-bond donors (Lipinski definition) is 0. The van der Waals surface area contributed by atoms with Gasteiger partial charge in [-0.3, -0.25) is 0 Å². The van der Waals surface area contributed by atoms with Crippen molar-refractivity contribution >= 4 is 0 Å². The highest BCUT2D eigenvalue weighted by Crippen LogP contribution is 2.51. The molecule has 646 valence electrons. The molecule has 0 aromatic rings. The van der Waals surface area contributed by atoms with E-state index in [9.17, 15) is 0 Å². The Morgan fingerprint density at radius 2 is 0.125 bits per heavy atom. The van der Waals surface area contributed by atoms with Gasteiger partial charge in [0.1, 0.15) is 0 Å². The normalized spacial score (nSPS) is 43.5. The summed E-state index contributed by atoms with van der Waals surface area (Å²) in [6.45, 7) is 0. The smallest absolute Gasteiger partial charge is 0.0409 e. The first-order chi connectivity index (χ1) is 55.3. The van der Waals surface area contributed by atoms with Crippen molar-refractivity contribution in [3.63, 3.8) is 0 Å². The summed E-state index contributed by atoms with van der Waals surface area (Å²) < 4.78 is 0. The molecule has 0 nitrogen and oxygen atoms in total. The maximum absolute atomic E-state index is 1.58. The minimum Gasteiger partial charge on any atom is -0.0530 e. The zero-order valence-electron chi connectivity index (χ0n) is 75.8. The van der Waals surface area contributed by atoms with Gasteiger partial charge < -0.3 is 0 Å². The van der Waals surface area contributed by atoms with Gasteiger partial charge in [0.2, 0.25) is 0 Å². The zero-order valence-corrected chi connectivity index (χ0v) is 75.8. The van der Waals surface area contributed by atoms with Crippen molar-refractivity contribution in [2.24, 2.45) is 154 Å². The van der Waals surface area contributed by atoms with Crippen LogP contribution in [0.3, 0.4) is 0 Å². The third-order valence-electron chi connectivity index (χ3n) is 39.5. The Balaban J connectivity index is 0.000000101. The molecular formula is C112H198. The summed E-state index contributed by atoms with van der Waals surface area (Å²) in [5, 5.41) is 0. The van der Waals surface area contributed by atoms with Crippen LogP contribution in [0, 0.1) is 154 Å². The molecular weight excluding hydrogens is 1350 g/mol. The Hall–Kier alpha value is 0. The first-order valence-electron chi connectivity index (χ1n) is 55.3. The van der Waals surface area contributed by atoms with E-state index in [1.807, 2.05) is 0 Å². The van der Waals surface area contributed by atoms with E-state index < -0.39 is 0 Å². The second kappa shape index (κ2) is 49.9. The molecule has 33 saturated carbocycles. The Kier molecular flexibility index (Phi) is 39.4. The molecule has 0 saturated heterocycles. The Labute approximate surface area is 701 Å². The monoisotopic (exact) mass is 1540 g/mol. The maximum atomic E-state index is 1.58. The third-order valence-corrected chi connectivity index (χ3v) is 39.5. The summed E-state index contributed by atoms with van der Waals surface area (Å²) in [6.07, 6.45) is 134. The molecule has 6 atom stereocenters. The Morgan fingerprint density at radius 3 is 0.286 bits per heavy atom. The SMILES string of the molecule is C1CC2CC(C1)C2.C1CC2CC1C2.C1CC2CCC(C1)C2.C1CC2CCC(C1)CC2.C1CC2CCC1C2.C1CC2CCC1CC2.C1CC2CCCC(C1)C2.C1CC2CCCC(C1)CC2.C1CC2CCCC(C1)CCC2.C1CCC2CC(C1)C2.C1CCC2CCC(C1)C2.C1CCC2CCC(C1)CC2.C1CCC2CCCC(C1)C2. The largest absolute Gasteiger partial charge is 0.0530 e. The van der Waals surface area contributed by atoms with Gasteiger partial charge in [0.05, 0.1) is 0 Å². The molecule has 0 amide bonds. The van der Waals surface area contributed by atoms with Crippen LogP contribution < -0.4 is 0 Å². The molecule has 0 radical (unpaired) electrons. The van der Waals surface area contributed by atoms with Crippen molar-refractivity contribution in [2.75, 3.05) is 0 Å². The third kappa shape index (κ3) is 31.7. The summed E-state index contributed by atoms with van der Waals surface area (Å²) in [5.74, 6) is 30.0. The first kappa shape index (κ1) is 88.3. The van der Waals surface area contributed by atoms with Crippen LogP contribution in [-0.4, -0.2) is 0 Å². The predicted octanol–water partition coefficient (Wildman–Crippen LogP) is 36.7. The lowest BCUT2D eigenvalue weighted by atomic mass is 9.65. The number of fused-ring (bicyclic) bond motifs is 37. The highest BCUT2D eigenvalue weighted by Gasteiger charge is 2.38. The minimum absolute atomic E-state index is 1.12. The van der Waals surface area contributed by atoms with Gasteiger partial charge in [-0.15, -0.1) is 0 Å². The predicted molar refractivity (Wildman–Crippen MR) is 488 cm³/mol. The first-order valence-corrected chi connectivity index (χ1v) is 55.3. The molecule has 0 heteroatoms. The Bertz CT molecular complexity index is 2110. The highest BCUT2D eigenvalue weighted by molar-refractivity contribution is 4.90. The average Bonchev–Trinajstić information content (AvgIpc) is 1.79. The highest BCUT2D eigenvalue weighted by atomic mass is 14.4. The van der Waals surface area contributed by atoms with Gasteiger partial charge in [-0.05, 0) is 224 Å². The van der Waals surface area contributed by atoms with Crippen LogP contribution in [-0.2, 0) is 0 Å². The standard InChI is InChI=1S/C11H20.3C10H18.3C9H16.3C8H14.2C7H12.C6H10/c1-4-10-6-2-7-11(5-1)9-3-8-10;1-3-9-5-2-6-10(4-1)8-7-9;1-2-5-10-7-3-6-9(4-1)8-10;1-2-4-10-7-5-9(3-1)6-8-10;1-3-8-5-2-6-9(4-1)7-8;1-2-8-4-6-9(3-1)7-5-8;1-2-4-9-6-5-8(3-1)7-9;1-2-8-5-3-7(1)4-6-8;1-2-7-4-5-8(3-1)6-7;1-2-4-8-5-7(3-1)6-8;1-2-7-4-3-6(1)5-7;1-2-6-4-7(3-1)5-6;1-2-6-3-5(1)4-6/h10-11H,1-9H2;3*9-10H,1-8H2;3*8-9H,1-7H2;3*7-8H,1-6H2;2*6-7H,1-5H2;5-6H,1-4H2. The fraction of sp³-hybridized carbons (Fsp3) is 1.00. The van der Waals surface area contributed by atoms with E-state index in [0.717, 1.165) is 107 Å². The molecule has 112 heavy (non-hydrogen) atoms. The number of rotatable bonds is 0. The van der Waals surface area contributed by atoms with E-state index in [1.54, 1.807) is 430 Å². The van der Waals surface area contributed by atoms with Crippen molar-refractivity contribution in [3.8, 4) is 0 Å². The van der Waals surface area contributed by atoms with Crippen LogP contribution in [0.2, 0.25) is 0 Å². The van der Waals surface area contributed by atoms with Gasteiger partial charge in [-0.25, -0.2) is 0 Å². The van der Waals surface area contributed by atoms with Gasteiger partial charge in [0, 0.05) is 0 Å². The van der Waals surface area contributed by atoms with Crippen molar-refractivity contribution in [1.82, 2.24) is 0 Å². The summed E-state index contributed by atoms with van der Waals surface area (Å²) in [6, 6.07) is 0. The molecule has 33 aliphatic carbocycles. The van der Waals surface area contributed by atoms with Gasteiger partial charge in [-0.1, -0.05) is 482 Å². The average molecular weight is 1540 g/mol. The van der Waals surface area contributed by atoms with E-state index >= 15 is 0 Å². The molecule has 0 heterocycles. The summed E-state index contributed by atoms with van der Waals surface area (Å²) in [4.78, 5) is 0. The lowest BCUT2D eigenvalue weighted by Gasteiger charge is -2.40. The van der Waals surface area contributed by atoms with Gasteiger partial charge >= 0.3 is 0 Å². The fourth-order valence-electron chi connectivity index (χ4n) is 31.8. The second-order valence-electron chi connectivity index (χ2n) is 48.0. The molecule has 33 aliphatic rings. The van der Waals surface area contributed by atoms with Crippen LogP contribution in [0.1, 0.15) is 552 Å². The van der Waals surface area contributed by atoms with E-state index in [0.29, 0.717) is 0 Å². The topological polar surface area (TPSA) is 0 Å². The molecule has 0 aromatic carbocycles. The fourth-order valence-corrected chi connectivity index (χ4v) is 31.8. The van der Waals surface area contributed by atoms with Crippen molar-refractivity contribution in [2.45, 2.75) is 552 Å².